The number of nitrogens with one attached hydrogen (secondary N) is 1. The second-order valence-electron chi connectivity index (χ2n) is 9.52. The van der Waals surface area contributed by atoms with E-state index in [9.17, 15) is 18.0 Å². The molecule has 0 aliphatic carbocycles. The minimum absolute atomic E-state index is 0.0120. The molecule has 218 valence electrons. The Morgan fingerprint density at radius 2 is 1.48 bits per heavy atom. The zero-order valence-electron chi connectivity index (χ0n) is 23.0. The monoisotopic (exact) mass is 623 g/mol. The van der Waals surface area contributed by atoms with Crippen LogP contribution >= 0.6 is 23.2 Å². The van der Waals surface area contributed by atoms with Gasteiger partial charge in [-0.15, -0.1) is 0 Å². The second kappa shape index (κ2) is 14.4. The second-order valence-corrected chi connectivity index (χ2v) is 12.2. The number of hydrogen-bond acceptors (Lipinski definition) is 4. The van der Waals surface area contributed by atoms with Crippen LogP contribution in [0.2, 0.25) is 10.0 Å². The van der Waals surface area contributed by atoms with E-state index in [1.165, 1.54) is 23.1 Å². The summed E-state index contributed by atoms with van der Waals surface area (Å²) in [6.07, 6.45) is 0.214. The van der Waals surface area contributed by atoms with Crippen molar-refractivity contribution in [1.29, 1.82) is 0 Å². The first-order chi connectivity index (χ1) is 20.2. The molecular formula is C32H31Cl2N3O4S. The number of hydrogen-bond donors (Lipinski definition) is 1. The lowest BCUT2D eigenvalue weighted by Crippen LogP contribution is -2.53. The predicted octanol–water partition coefficient (Wildman–Crippen LogP) is 5.96. The van der Waals surface area contributed by atoms with Crippen LogP contribution in [-0.2, 0) is 32.6 Å². The van der Waals surface area contributed by atoms with Gasteiger partial charge in [0.25, 0.3) is 10.0 Å². The van der Waals surface area contributed by atoms with Crippen LogP contribution in [0.25, 0.3) is 0 Å². The van der Waals surface area contributed by atoms with E-state index in [-0.39, 0.29) is 29.5 Å². The maximum atomic E-state index is 14.3. The van der Waals surface area contributed by atoms with Crippen molar-refractivity contribution in [3.8, 4) is 0 Å². The third-order valence-corrected chi connectivity index (χ3v) is 9.02. The fourth-order valence-corrected chi connectivity index (χ4v) is 6.34. The summed E-state index contributed by atoms with van der Waals surface area (Å²) in [5, 5.41) is 3.57. The molecule has 42 heavy (non-hydrogen) atoms. The first-order valence-corrected chi connectivity index (χ1v) is 15.6. The summed E-state index contributed by atoms with van der Waals surface area (Å²) in [5.74, 6) is -0.941. The van der Waals surface area contributed by atoms with Gasteiger partial charge in [-0.3, -0.25) is 13.9 Å². The molecule has 0 heterocycles. The molecule has 0 radical (unpaired) electrons. The Morgan fingerprint density at radius 1 is 0.833 bits per heavy atom. The molecule has 1 N–H and O–H groups in total. The SMILES string of the molecule is CCNC(=O)C(Cc1ccccc1)N(Cc1ccccc1Cl)C(=O)CN(c1cccc(Cl)c1)S(=O)(=O)c1ccccc1. The number of rotatable bonds is 12. The predicted molar refractivity (Wildman–Crippen MR) is 167 cm³/mol. The number of sulfonamides is 1. The highest BCUT2D eigenvalue weighted by Crippen LogP contribution is 2.27. The number of halogens is 2. The molecule has 0 aliphatic heterocycles. The van der Waals surface area contributed by atoms with Crippen molar-refractivity contribution < 1.29 is 18.0 Å². The normalized spacial score (nSPS) is 11.9. The van der Waals surface area contributed by atoms with E-state index in [1.54, 1.807) is 67.6 Å². The van der Waals surface area contributed by atoms with Crippen molar-refractivity contribution in [2.45, 2.75) is 30.8 Å². The Morgan fingerprint density at radius 3 is 2.12 bits per heavy atom. The largest absolute Gasteiger partial charge is 0.355 e. The zero-order chi connectivity index (χ0) is 30.1. The maximum Gasteiger partial charge on any atom is 0.264 e. The molecule has 0 bridgehead atoms. The van der Waals surface area contributed by atoms with E-state index in [1.807, 2.05) is 30.3 Å². The molecule has 0 saturated heterocycles. The van der Waals surface area contributed by atoms with Crippen LogP contribution in [0.3, 0.4) is 0 Å². The molecule has 7 nitrogen and oxygen atoms in total. The van der Waals surface area contributed by atoms with Gasteiger partial charge in [0.05, 0.1) is 10.6 Å². The summed E-state index contributed by atoms with van der Waals surface area (Å²) >= 11 is 12.7. The zero-order valence-corrected chi connectivity index (χ0v) is 25.3. The molecule has 1 atom stereocenters. The first-order valence-electron chi connectivity index (χ1n) is 13.4. The number of carbonyl (C=O) groups is 2. The summed E-state index contributed by atoms with van der Waals surface area (Å²) in [6, 6.07) is 29.6. The van der Waals surface area contributed by atoms with Gasteiger partial charge < -0.3 is 10.2 Å². The van der Waals surface area contributed by atoms with Gasteiger partial charge in [-0.2, -0.15) is 0 Å². The quantitative estimate of drug-likeness (QED) is 0.211. The van der Waals surface area contributed by atoms with E-state index < -0.39 is 28.5 Å². The van der Waals surface area contributed by atoms with E-state index in [2.05, 4.69) is 5.32 Å². The lowest BCUT2D eigenvalue weighted by Gasteiger charge is -2.34. The summed E-state index contributed by atoms with van der Waals surface area (Å²) in [7, 11) is -4.19. The Balaban J connectivity index is 1.80. The average Bonchev–Trinajstić information content (AvgIpc) is 2.99. The number of amides is 2. The van der Waals surface area contributed by atoms with Crippen LogP contribution in [0.4, 0.5) is 5.69 Å². The van der Waals surface area contributed by atoms with Gasteiger partial charge >= 0.3 is 0 Å². The number of nitrogens with zero attached hydrogens (tertiary/aromatic N) is 2. The highest BCUT2D eigenvalue weighted by atomic mass is 35.5. The van der Waals surface area contributed by atoms with E-state index in [0.717, 1.165) is 9.87 Å². The lowest BCUT2D eigenvalue weighted by atomic mass is 10.0. The van der Waals surface area contributed by atoms with Crippen LogP contribution < -0.4 is 9.62 Å². The molecule has 4 aromatic carbocycles. The number of benzene rings is 4. The highest BCUT2D eigenvalue weighted by Gasteiger charge is 2.34. The molecule has 2 amide bonds. The smallest absolute Gasteiger partial charge is 0.264 e. The van der Waals surface area contributed by atoms with Crippen LogP contribution in [0, 0.1) is 0 Å². The molecule has 0 saturated carbocycles. The fraction of sp³-hybridized carbons (Fsp3) is 0.188. The van der Waals surface area contributed by atoms with Gasteiger partial charge in [-0.25, -0.2) is 8.42 Å². The molecule has 4 aromatic rings. The number of anilines is 1. The van der Waals surface area contributed by atoms with Crippen molar-refractivity contribution >= 4 is 50.7 Å². The van der Waals surface area contributed by atoms with Crippen molar-refractivity contribution in [1.82, 2.24) is 10.2 Å². The summed E-state index contributed by atoms with van der Waals surface area (Å²) in [5.41, 5.74) is 1.68. The van der Waals surface area contributed by atoms with Gasteiger partial charge in [0.2, 0.25) is 11.8 Å². The molecule has 0 aliphatic rings. The van der Waals surface area contributed by atoms with E-state index in [4.69, 9.17) is 23.2 Å². The molecule has 10 heteroatoms. The van der Waals surface area contributed by atoms with Gasteiger partial charge in [0.15, 0.2) is 0 Å². The summed E-state index contributed by atoms with van der Waals surface area (Å²) in [6.45, 7) is 1.56. The summed E-state index contributed by atoms with van der Waals surface area (Å²) < 4.78 is 28.9. The highest BCUT2D eigenvalue weighted by molar-refractivity contribution is 7.92. The van der Waals surface area contributed by atoms with Crippen LogP contribution in [0.1, 0.15) is 18.1 Å². The standard InChI is InChI=1S/C32H31Cl2N3O4S/c1-2-35-32(39)30(20-24-12-5-3-6-13-24)36(22-25-14-9-10-19-29(25)34)31(38)23-37(27-16-11-15-26(33)21-27)42(40,41)28-17-7-4-8-18-28/h3-19,21,30H,2,20,22-23H2,1H3,(H,35,39). The third-order valence-electron chi connectivity index (χ3n) is 6.63. The first kappa shape index (κ1) is 31.1. The minimum atomic E-state index is -4.19. The third kappa shape index (κ3) is 7.70. The number of likely N-dealkylation sites (N-methyl/N-ethyl adjacent to an activating group) is 1. The van der Waals surface area contributed by atoms with Crippen LogP contribution in [0.15, 0.2) is 114 Å². The van der Waals surface area contributed by atoms with Crippen LogP contribution in [0.5, 0.6) is 0 Å². The van der Waals surface area contributed by atoms with Gasteiger partial charge in [0, 0.05) is 29.6 Å². The molecule has 0 fully saturated rings. The van der Waals surface area contributed by atoms with Crippen LogP contribution in [-0.4, -0.2) is 44.3 Å². The summed E-state index contributed by atoms with van der Waals surface area (Å²) in [4.78, 5) is 29.2. The number of carbonyl (C=O) groups excluding carboxylic acids is 2. The average molecular weight is 625 g/mol. The van der Waals surface area contributed by atoms with Gasteiger partial charge in [-0.05, 0) is 54.4 Å². The van der Waals surface area contributed by atoms with Crippen molar-refractivity contribution in [3.05, 3.63) is 130 Å². The van der Waals surface area contributed by atoms with Crippen molar-refractivity contribution in [2.24, 2.45) is 0 Å². The van der Waals surface area contributed by atoms with E-state index >= 15 is 0 Å². The molecule has 0 spiro atoms. The fourth-order valence-electron chi connectivity index (χ4n) is 4.54. The Hall–Kier alpha value is -3.85. The lowest BCUT2D eigenvalue weighted by molar-refractivity contribution is -0.140. The topological polar surface area (TPSA) is 86.8 Å². The molecule has 0 aromatic heterocycles. The minimum Gasteiger partial charge on any atom is -0.355 e. The molecule has 4 rings (SSSR count). The maximum absolute atomic E-state index is 14.3. The molecular weight excluding hydrogens is 593 g/mol. The molecule has 1 unspecified atom stereocenters. The van der Waals surface area contributed by atoms with E-state index in [0.29, 0.717) is 22.2 Å². The Labute approximate surface area is 256 Å². The Kier molecular flexibility index (Phi) is 10.6. The van der Waals surface area contributed by atoms with Gasteiger partial charge in [0.1, 0.15) is 12.6 Å². The van der Waals surface area contributed by atoms with Gasteiger partial charge in [-0.1, -0.05) is 96.0 Å². The van der Waals surface area contributed by atoms with Crippen molar-refractivity contribution in [3.63, 3.8) is 0 Å². The van der Waals surface area contributed by atoms with Crippen molar-refractivity contribution in [2.75, 3.05) is 17.4 Å². The Bertz CT molecular complexity index is 1620.